The van der Waals surface area contributed by atoms with Crippen molar-refractivity contribution < 1.29 is 56.6 Å². The predicted octanol–water partition coefficient (Wildman–Crippen LogP) is 11.2. The normalized spacial score (nSPS) is 19.3. The van der Waals surface area contributed by atoms with Gasteiger partial charge in [0, 0.05) is 136 Å². The van der Waals surface area contributed by atoms with Gasteiger partial charge in [-0.15, -0.1) is 20.4 Å². The minimum absolute atomic E-state index is 0.00429. The molecule has 4 aliphatic heterocycles. The summed E-state index contributed by atoms with van der Waals surface area (Å²) in [5, 5.41) is 78.9. The van der Waals surface area contributed by atoms with E-state index in [1.807, 2.05) is 44.8 Å². The molecule has 0 spiro atoms. The second kappa shape index (κ2) is 36.7. The summed E-state index contributed by atoms with van der Waals surface area (Å²) in [7, 11) is 4.29. The summed E-state index contributed by atoms with van der Waals surface area (Å²) >= 11 is 0. The lowest BCUT2D eigenvalue weighted by Crippen LogP contribution is -2.39. The maximum atomic E-state index is 14.5. The predicted molar refractivity (Wildman–Crippen MR) is 509 cm³/mol. The Labute approximate surface area is 784 Å². The number of fused-ring (bicyclic) bond motifs is 12. The number of ether oxygens (including phenoxy) is 3. The Balaban J connectivity index is 0.000000127. The average Bonchev–Trinajstić information content (AvgIpc) is 1.62. The largest absolute Gasteiger partial charge is 0.494 e. The third-order valence-corrected chi connectivity index (χ3v) is 24.9. The third kappa shape index (κ3) is 20.4. The van der Waals surface area contributed by atoms with Crippen molar-refractivity contribution in [2.45, 2.75) is 195 Å². The number of methoxy groups -OCH3 is 3. The lowest BCUT2D eigenvalue weighted by Gasteiger charge is -2.36. The molecule has 0 saturated carbocycles. The molecular formula is C93H117F5N32O7. The first-order valence-electron chi connectivity index (χ1n) is 45.6. The molecule has 44 heteroatoms. The number of rotatable bonds is 19. The van der Waals surface area contributed by atoms with Crippen molar-refractivity contribution in [3.63, 3.8) is 0 Å². The van der Waals surface area contributed by atoms with Gasteiger partial charge >= 0.3 is 0 Å². The molecule has 20 rings (SSSR count). The van der Waals surface area contributed by atoms with Crippen molar-refractivity contribution >= 4 is 113 Å². The number of halogens is 5. The van der Waals surface area contributed by atoms with Crippen molar-refractivity contribution in [1.29, 1.82) is 0 Å². The highest BCUT2D eigenvalue weighted by Gasteiger charge is 2.38. The van der Waals surface area contributed by atoms with E-state index in [4.69, 9.17) is 52.1 Å². The highest BCUT2D eigenvalue weighted by molar-refractivity contribution is 5.97. The summed E-state index contributed by atoms with van der Waals surface area (Å²) in [5.74, 6) is 2.29. The Bertz CT molecular complexity index is 6980. The minimum Gasteiger partial charge on any atom is -0.494 e. The smallest absolute Gasteiger partial charge is 0.223 e. The van der Waals surface area contributed by atoms with Crippen molar-refractivity contribution in [2.24, 2.45) is 23.7 Å². The Morgan fingerprint density at radius 1 is 0.350 bits per heavy atom. The van der Waals surface area contributed by atoms with Gasteiger partial charge in [0.05, 0.1) is 138 Å². The lowest BCUT2D eigenvalue weighted by molar-refractivity contribution is 0.0570. The third-order valence-electron chi connectivity index (χ3n) is 24.9. The molecule has 39 nitrogen and oxygen atoms in total. The number of nitrogens with zero attached hydrogens (tertiary/aromatic N) is 28. The van der Waals surface area contributed by atoms with Crippen LogP contribution >= 0.6 is 0 Å². The number of nitrogens with two attached hydrogens (primary N) is 4. The Hall–Kier alpha value is -13.8. The molecule has 0 aliphatic carbocycles. The van der Waals surface area contributed by atoms with Crippen LogP contribution in [0.5, 0.6) is 17.2 Å². The molecule has 8 atom stereocenters. The molecule has 137 heavy (non-hydrogen) atoms. The molecule has 4 aliphatic rings. The van der Waals surface area contributed by atoms with Gasteiger partial charge in [0.1, 0.15) is 28.4 Å². The number of benzene rings is 4. The maximum Gasteiger partial charge on any atom is 0.223 e. The van der Waals surface area contributed by atoms with E-state index in [0.29, 0.717) is 155 Å². The van der Waals surface area contributed by atoms with Crippen LogP contribution in [-0.2, 0) is 26.2 Å². The molecule has 0 bridgehead atoms. The summed E-state index contributed by atoms with van der Waals surface area (Å²) in [6.45, 7) is 34.7. The fourth-order valence-corrected chi connectivity index (χ4v) is 19.4. The molecule has 4 fully saturated rings. The van der Waals surface area contributed by atoms with E-state index in [2.05, 4.69) is 113 Å². The quantitative estimate of drug-likeness (QED) is 0.0349. The molecular weight excluding hydrogens is 1770 g/mol. The molecule has 0 unspecified atom stereocenters. The maximum absolute atomic E-state index is 14.5. The monoisotopic (exact) mass is 1890 g/mol. The van der Waals surface area contributed by atoms with Gasteiger partial charge in [-0.05, 0) is 143 Å². The minimum atomic E-state index is -0.864. The summed E-state index contributed by atoms with van der Waals surface area (Å²) in [5.41, 5.74) is 30.1. The van der Waals surface area contributed by atoms with Crippen molar-refractivity contribution in [2.75, 3.05) is 116 Å². The molecule has 16 aromatic rings. The SMILES string of the molecule is COc1cc(F)cc2c1nc(N)n1nc([C@@H]3C[C@@H](C)CN(c4cnn(CC(C)(C)O)c4)C3)nc21.COc1cc2nc(N)n3nc([C@@H]4C[C@H](C)CN(c5cn(CC(C)(C)O)nc5C)C4)nc3c2cc1F.COc1cc2nc(N)n3nc([C@H]4C[C@@H](C)CN(c5cn(CC(C)(C)O)nc5C)C4)nc3c2cc1F.C[C@@H]1C[C@H](c2nc3c4cc(F)cc(F)c4nc(N)n3n2)CN(c2cnn(CC(C)(C)O)c2)C1. The van der Waals surface area contributed by atoms with Gasteiger partial charge in [0.25, 0.3) is 0 Å². The number of hydrogen-bond acceptors (Lipinski definition) is 31. The van der Waals surface area contributed by atoms with E-state index in [1.54, 1.807) is 80.3 Å². The van der Waals surface area contributed by atoms with Crippen LogP contribution in [0.15, 0.2) is 85.7 Å². The summed E-state index contributed by atoms with van der Waals surface area (Å²) in [6, 6.07) is 10.4. The van der Waals surface area contributed by atoms with Gasteiger partial charge in [-0.1, -0.05) is 27.7 Å². The van der Waals surface area contributed by atoms with Crippen LogP contribution in [0, 0.1) is 66.6 Å². The second-order valence-electron chi connectivity index (χ2n) is 39.9. The van der Waals surface area contributed by atoms with Crippen LogP contribution in [0.25, 0.3) is 66.2 Å². The van der Waals surface area contributed by atoms with Crippen LogP contribution in [0.2, 0.25) is 0 Å². The van der Waals surface area contributed by atoms with E-state index >= 15 is 0 Å². The first kappa shape index (κ1) is 95.0. The van der Waals surface area contributed by atoms with E-state index in [9.17, 15) is 42.4 Å². The Morgan fingerprint density at radius 2 is 0.664 bits per heavy atom. The molecule has 0 radical (unpaired) electrons. The van der Waals surface area contributed by atoms with Crippen molar-refractivity contribution in [3.8, 4) is 17.2 Å². The number of hydrogen-bond donors (Lipinski definition) is 8. The first-order chi connectivity index (χ1) is 64.7. The molecule has 4 aromatic carbocycles. The first-order valence-corrected chi connectivity index (χ1v) is 45.6. The number of aromatic nitrogens is 24. The molecule has 12 N–H and O–H groups in total. The second-order valence-corrected chi connectivity index (χ2v) is 39.9. The fourth-order valence-electron chi connectivity index (χ4n) is 19.4. The number of anilines is 8. The number of piperidine rings is 4. The van der Waals surface area contributed by atoms with E-state index in [0.717, 1.165) is 92.1 Å². The number of nitrogen functional groups attached to an aromatic ring is 4. The molecule has 726 valence electrons. The van der Waals surface area contributed by atoms with Crippen LogP contribution in [0.4, 0.5) is 68.5 Å². The molecule has 0 amide bonds. The Kier molecular flexibility index (Phi) is 25.5. The van der Waals surface area contributed by atoms with Crippen molar-refractivity contribution in [3.05, 3.63) is 149 Å². The number of aryl methyl sites for hydroxylation is 2. The molecule has 4 saturated heterocycles. The van der Waals surface area contributed by atoms with Gasteiger partial charge in [-0.25, -0.2) is 61.8 Å². The summed E-state index contributed by atoms with van der Waals surface area (Å²) < 4.78 is 99.7. The summed E-state index contributed by atoms with van der Waals surface area (Å²) in [4.78, 5) is 45.4. The zero-order valence-corrected chi connectivity index (χ0v) is 79.8. The zero-order chi connectivity index (χ0) is 97.8. The zero-order valence-electron chi connectivity index (χ0n) is 79.8. The topological polar surface area (TPSA) is 469 Å². The van der Waals surface area contributed by atoms with Gasteiger partial charge in [-0.2, -0.15) is 38.5 Å². The van der Waals surface area contributed by atoms with Gasteiger partial charge in [-0.3, -0.25) is 18.7 Å². The highest BCUT2D eigenvalue weighted by Crippen LogP contribution is 2.42. The highest BCUT2D eigenvalue weighted by atomic mass is 19.1. The van der Waals surface area contributed by atoms with E-state index in [-0.39, 0.29) is 75.5 Å². The van der Waals surface area contributed by atoms with E-state index in [1.165, 1.54) is 81.9 Å². The van der Waals surface area contributed by atoms with Gasteiger partial charge < -0.3 is 77.2 Å². The molecule has 16 heterocycles. The number of aliphatic hydroxyl groups is 4. The van der Waals surface area contributed by atoms with Crippen LogP contribution < -0.4 is 56.7 Å². The standard InChI is InChI=1S/2C24H31FN8O2.C23H29FN8O2.C22H26F2N8O/c2*1-13-6-15(10-31(9-13)19-11-32(29-14(19)2)12-24(3,4)34)21-28-22-16-7-17(25)20(35-5)8-18(16)27-23(26)33(22)30-21;1-13-5-14(10-30(9-13)16-8-26-31(11-16)12-23(2,3)33)20-28-21-17-6-15(24)7-18(34-4)19(17)27-22(25)32(21)29-20;1-12-4-13(9-30(8-12)15-7-26-31(10-15)11-22(2,3)33)19-28-20-16-5-14(23)6-17(24)18(16)27-21(25)32(20)29-19/h2*7-8,11,13,15,34H,6,9-10,12H2,1-5H3,(H2,26,27);6-8,11,13-14,33H,5,9-10,12H2,1-4H3,(H2,25,27);5-7,10,12-13,33H,4,8-9,11H2,1-3H3,(H2,25,27)/t2*13-,15+;13-,14-;12-,13+/m1011/s1. The average molecular weight is 1890 g/mol. The van der Waals surface area contributed by atoms with Crippen molar-refractivity contribution in [1.82, 2.24) is 117 Å². The lowest BCUT2D eigenvalue weighted by atomic mass is 9.89. The molecule has 12 aromatic heterocycles. The van der Waals surface area contributed by atoms with E-state index < -0.39 is 51.5 Å². The summed E-state index contributed by atoms with van der Waals surface area (Å²) in [6.07, 6.45) is 15.1. The Morgan fingerprint density at radius 3 is 1.02 bits per heavy atom. The van der Waals surface area contributed by atoms with Crippen LogP contribution in [0.1, 0.15) is 167 Å². The van der Waals surface area contributed by atoms with Crippen LogP contribution in [0.3, 0.4) is 0 Å². The van der Waals surface area contributed by atoms with Gasteiger partial charge in [0.2, 0.25) is 23.8 Å². The fraction of sp³-hybridized carbons (Fsp3) is 0.484. The van der Waals surface area contributed by atoms with Gasteiger partial charge in [0.15, 0.2) is 74.8 Å². The van der Waals surface area contributed by atoms with Crippen LogP contribution in [-0.4, -0.2) is 234 Å².